The van der Waals surface area contributed by atoms with Crippen LogP contribution in [0.5, 0.6) is 11.5 Å². The summed E-state index contributed by atoms with van der Waals surface area (Å²) in [6, 6.07) is 29.6. The van der Waals surface area contributed by atoms with Gasteiger partial charge in [0.05, 0.1) is 20.6 Å². The Balaban J connectivity index is 1.15. The number of ether oxygens (including phenoxy) is 2. The molecule has 0 bridgehead atoms. The molecule has 0 aromatic heterocycles. The van der Waals surface area contributed by atoms with Crippen LogP contribution in [0.3, 0.4) is 0 Å². The number of carbonyl (C=O) groups excluding carboxylic acids is 2. The fourth-order valence-corrected chi connectivity index (χ4v) is 5.30. The van der Waals surface area contributed by atoms with Crippen LogP contribution in [0, 0.1) is 6.92 Å². The van der Waals surface area contributed by atoms with Gasteiger partial charge in [-0.15, -0.1) is 0 Å². The molecule has 216 valence electrons. The summed E-state index contributed by atoms with van der Waals surface area (Å²) in [4.78, 5) is 30.4. The molecule has 7 nitrogen and oxygen atoms in total. The maximum absolute atomic E-state index is 13.3. The maximum atomic E-state index is 13.3. The van der Waals surface area contributed by atoms with E-state index in [4.69, 9.17) is 9.47 Å². The summed E-state index contributed by atoms with van der Waals surface area (Å²) in [5.41, 5.74) is 6.97. The summed E-state index contributed by atoms with van der Waals surface area (Å²) in [6.45, 7) is 5.98. The van der Waals surface area contributed by atoms with Gasteiger partial charge in [-0.3, -0.25) is 14.5 Å². The van der Waals surface area contributed by atoms with Crippen molar-refractivity contribution in [3.8, 4) is 22.6 Å². The summed E-state index contributed by atoms with van der Waals surface area (Å²) >= 11 is 0. The second-order valence-corrected chi connectivity index (χ2v) is 10.6. The van der Waals surface area contributed by atoms with Crippen LogP contribution < -0.4 is 14.8 Å². The molecule has 2 amide bonds. The van der Waals surface area contributed by atoms with E-state index in [-0.39, 0.29) is 18.2 Å². The number of anilines is 1. The minimum atomic E-state index is -0.185. The van der Waals surface area contributed by atoms with Crippen molar-refractivity contribution in [2.24, 2.45) is 0 Å². The number of carbonyl (C=O) groups is 2. The summed E-state index contributed by atoms with van der Waals surface area (Å²) in [7, 11) is 3.15. The summed E-state index contributed by atoms with van der Waals surface area (Å²) in [5.74, 6) is 1.05. The molecule has 0 unspecified atom stereocenters. The fourth-order valence-electron chi connectivity index (χ4n) is 5.30. The predicted molar refractivity (Wildman–Crippen MR) is 166 cm³/mol. The Kier molecular flexibility index (Phi) is 9.19. The molecule has 0 spiro atoms. The number of nitrogens with zero attached hydrogens (tertiary/aromatic N) is 2. The third-order valence-electron chi connectivity index (χ3n) is 7.67. The standard InChI is InChI=1S/C35H37N3O4/c1-25-18-28(27-8-5-4-6-9-27)12-13-30(25)24-37-14-16-38(17-15-37)35(40)29-10-7-11-31(22-29)36-34(39)21-26-19-32(41-2)23-33(20-26)42-3/h4-13,18-20,22-23H,14-17,21,24H2,1-3H3,(H,36,39). The zero-order chi connectivity index (χ0) is 29.5. The van der Waals surface area contributed by atoms with E-state index in [1.54, 1.807) is 44.6 Å². The maximum Gasteiger partial charge on any atom is 0.254 e. The lowest BCUT2D eigenvalue weighted by Gasteiger charge is -2.35. The van der Waals surface area contributed by atoms with E-state index >= 15 is 0 Å². The van der Waals surface area contributed by atoms with Crippen molar-refractivity contribution < 1.29 is 19.1 Å². The molecular weight excluding hydrogens is 526 g/mol. The molecule has 1 aliphatic heterocycles. The van der Waals surface area contributed by atoms with Crippen LogP contribution >= 0.6 is 0 Å². The summed E-state index contributed by atoms with van der Waals surface area (Å²) < 4.78 is 10.6. The van der Waals surface area contributed by atoms with Crippen LogP contribution in [0.4, 0.5) is 5.69 Å². The first-order valence-corrected chi connectivity index (χ1v) is 14.2. The van der Waals surface area contributed by atoms with Crippen molar-refractivity contribution in [3.05, 3.63) is 113 Å². The highest BCUT2D eigenvalue weighted by Gasteiger charge is 2.23. The molecule has 5 rings (SSSR count). The van der Waals surface area contributed by atoms with Gasteiger partial charge in [0.25, 0.3) is 5.91 Å². The molecule has 0 aliphatic carbocycles. The molecule has 4 aromatic carbocycles. The monoisotopic (exact) mass is 563 g/mol. The quantitative estimate of drug-likeness (QED) is 0.278. The minimum absolute atomic E-state index is 0.0216. The molecule has 42 heavy (non-hydrogen) atoms. The van der Waals surface area contributed by atoms with E-state index < -0.39 is 0 Å². The first-order chi connectivity index (χ1) is 20.4. The highest BCUT2D eigenvalue weighted by atomic mass is 16.5. The zero-order valence-electron chi connectivity index (χ0n) is 24.4. The molecule has 4 aromatic rings. The lowest BCUT2D eigenvalue weighted by molar-refractivity contribution is -0.115. The van der Waals surface area contributed by atoms with Crippen molar-refractivity contribution in [2.75, 3.05) is 45.7 Å². The predicted octanol–water partition coefficient (Wildman–Crippen LogP) is 5.82. The number of hydrogen-bond acceptors (Lipinski definition) is 5. The number of amides is 2. The van der Waals surface area contributed by atoms with Gasteiger partial charge in [0.1, 0.15) is 11.5 Å². The second-order valence-electron chi connectivity index (χ2n) is 10.6. The van der Waals surface area contributed by atoms with Crippen molar-refractivity contribution in [1.82, 2.24) is 9.80 Å². The van der Waals surface area contributed by atoms with Crippen LogP contribution in [0.1, 0.15) is 27.0 Å². The van der Waals surface area contributed by atoms with Crippen molar-refractivity contribution in [1.29, 1.82) is 0 Å². The smallest absolute Gasteiger partial charge is 0.254 e. The van der Waals surface area contributed by atoms with E-state index in [1.807, 2.05) is 23.1 Å². The van der Waals surface area contributed by atoms with Gasteiger partial charge in [-0.05, 0) is 65.1 Å². The van der Waals surface area contributed by atoms with Gasteiger partial charge in [-0.2, -0.15) is 0 Å². The molecule has 1 aliphatic rings. The van der Waals surface area contributed by atoms with Gasteiger partial charge >= 0.3 is 0 Å². The van der Waals surface area contributed by atoms with E-state index in [0.717, 1.165) is 25.2 Å². The number of aryl methyl sites for hydroxylation is 1. The molecular formula is C35H37N3O4. The highest BCUT2D eigenvalue weighted by Crippen LogP contribution is 2.25. The average molecular weight is 564 g/mol. The Labute approximate surface area is 247 Å². The van der Waals surface area contributed by atoms with Gasteiger partial charge in [-0.25, -0.2) is 0 Å². The number of rotatable bonds is 9. The van der Waals surface area contributed by atoms with Crippen LogP contribution in [-0.2, 0) is 17.8 Å². The van der Waals surface area contributed by atoms with Gasteiger partial charge < -0.3 is 19.7 Å². The molecule has 0 saturated carbocycles. The molecule has 0 atom stereocenters. The first-order valence-electron chi connectivity index (χ1n) is 14.2. The van der Waals surface area contributed by atoms with Crippen LogP contribution in [0.25, 0.3) is 11.1 Å². The summed E-state index contributed by atoms with van der Waals surface area (Å²) in [6.07, 6.45) is 0.155. The Morgan fingerprint density at radius 1 is 0.762 bits per heavy atom. The number of benzene rings is 4. The van der Waals surface area contributed by atoms with E-state index in [0.29, 0.717) is 35.8 Å². The summed E-state index contributed by atoms with van der Waals surface area (Å²) in [5, 5.41) is 2.92. The lowest BCUT2D eigenvalue weighted by Crippen LogP contribution is -2.48. The normalized spacial score (nSPS) is 13.5. The van der Waals surface area contributed by atoms with Crippen LogP contribution in [0.15, 0.2) is 91.0 Å². The Hall–Kier alpha value is -4.62. The minimum Gasteiger partial charge on any atom is -0.497 e. The molecule has 1 fully saturated rings. The molecule has 0 radical (unpaired) electrons. The van der Waals surface area contributed by atoms with Gasteiger partial charge in [-0.1, -0.05) is 54.6 Å². The third kappa shape index (κ3) is 7.17. The Morgan fingerprint density at radius 2 is 1.48 bits per heavy atom. The van der Waals surface area contributed by atoms with Gasteiger partial charge in [0.15, 0.2) is 0 Å². The van der Waals surface area contributed by atoms with E-state index in [2.05, 4.69) is 59.6 Å². The topological polar surface area (TPSA) is 71.1 Å². The SMILES string of the molecule is COc1cc(CC(=O)Nc2cccc(C(=O)N3CCN(Cc4ccc(-c5ccccc5)cc4C)CC3)c2)cc(OC)c1. The Morgan fingerprint density at radius 3 is 2.14 bits per heavy atom. The van der Waals surface area contributed by atoms with Gasteiger partial charge in [0, 0.05) is 50.0 Å². The highest BCUT2D eigenvalue weighted by molar-refractivity contribution is 5.97. The lowest BCUT2D eigenvalue weighted by atomic mass is 9.99. The molecule has 1 N–H and O–H groups in total. The van der Waals surface area contributed by atoms with Gasteiger partial charge in [0.2, 0.25) is 5.91 Å². The van der Waals surface area contributed by atoms with Crippen LogP contribution in [-0.4, -0.2) is 62.0 Å². The van der Waals surface area contributed by atoms with Crippen molar-refractivity contribution >= 4 is 17.5 Å². The number of piperazine rings is 1. The van der Waals surface area contributed by atoms with Crippen LogP contribution in [0.2, 0.25) is 0 Å². The van der Waals surface area contributed by atoms with Crippen molar-refractivity contribution in [3.63, 3.8) is 0 Å². The number of nitrogens with one attached hydrogen (secondary N) is 1. The largest absolute Gasteiger partial charge is 0.497 e. The van der Waals surface area contributed by atoms with Crippen molar-refractivity contribution in [2.45, 2.75) is 19.9 Å². The molecule has 1 heterocycles. The first kappa shape index (κ1) is 28.9. The molecule has 7 heteroatoms. The average Bonchev–Trinajstić information content (AvgIpc) is 3.02. The Bertz CT molecular complexity index is 1520. The zero-order valence-corrected chi connectivity index (χ0v) is 24.4. The van der Waals surface area contributed by atoms with E-state index in [9.17, 15) is 9.59 Å². The molecule has 1 saturated heterocycles. The number of methoxy groups -OCH3 is 2. The van der Waals surface area contributed by atoms with E-state index in [1.165, 1.54) is 22.3 Å². The fraction of sp³-hybridized carbons (Fsp3) is 0.257. The second kappa shape index (κ2) is 13.4. The number of hydrogen-bond donors (Lipinski definition) is 1. The third-order valence-corrected chi connectivity index (χ3v) is 7.67.